The molecule has 20 heavy (non-hydrogen) atoms. The number of hydrogen-bond acceptors (Lipinski definition) is 5. The molecule has 1 amide bonds. The Labute approximate surface area is 116 Å². The topological polar surface area (TPSA) is 96.9 Å². The van der Waals surface area contributed by atoms with E-state index in [0.717, 1.165) is 0 Å². The monoisotopic (exact) mass is 282 g/mol. The lowest BCUT2D eigenvalue weighted by atomic mass is 10.2. The molecule has 0 aromatic heterocycles. The highest BCUT2D eigenvalue weighted by Crippen LogP contribution is 2.29. The summed E-state index contributed by atoms with van der Waals surface area (Å²) in [6.07, 6.45) is 0. The summed E-state index contributed by atoms with van der Waals surface area (Å²) >= 11 is 0. The number of carboxylic acids is 1. The minimum atomic E-state index is -1.10. The molecular weight excluding hydrogens is 264 g/mol. The van der Waals surface area contributed by atoms with Crippen molar-refractivity contribution in [3.05, 3.63) is 18.2 Å². The molecule has 0 spiro atoms. The van der Waals surface area contributed by atoms with Crippen LogP contribution in [0, 0.1) is 0 Å². The van der Waals surface area contributed by atoms with E-state index in [1.807, 2.05) is 0 Å². The second-order valence-corrected chi connectivity index (χ2v) is 4.04. The van der Waals surface area contributed by atoms with Gasteiger partial charge in [-0.3, -0.25) is 4.79 Å². The van der Waals surface area contributed by atoms with Crippen molar-refractivity contribution in [3.8, 4) is 11.5 Å². The lowest BCUT2D eigenvalue weighted by Gasteiger charge is -2.16. The summed E-state index contributed by atoms with van der Waals surface area (Å²) in [6.45, 7) is 1.33. The molecule has 0 saturated carbocycles. The van der Waals surface area contributed by atoms with E-state index in [2.05, 4.69) is 10.6 Å². The summed E-state index contributed by atoms with van der Waals surface area (Å²) in [6, 6.07) is 4.12. The van der Waals surface area contributed by atoms with Gasteiger partial charge in [0.05, 0.1) is 14.2 Å². The lowest BCUT2D eigenvalue weighted by Crippen LogP contribution is -2.44. The average Bonchev–Trinajstić information content (AvgIpc) is 2.42. The molecular formula is C13H18N2O5. The predicted molar refractivity (Wildman–Crippen MR) is 73.3 cm³/mol. The minimum absolute atomic E-state index is 0.0599. The van der Waals surface area contributed by atoms with E-state index in [1.54, 1.807) is 18.2 Å². The first-order chi connectivity index (χ1) is 9.47. The van der Waals surface area contributed by atoms with E-state index < -0.39 is 17.9 Å². The Morgan fingerprint density at radius 2 is 1.90 bits per heavy atom. The molecule has 0 radical (unpaired) electrons. The van der Waals surface area contributed by atoms with Gasteiger partial charge >= 0.3 is 5.97 Å². The number of methoxy groups -OCH3 is 2. The Hall–Kier alpha value is -2.44. The van der Waals surface area contributed by atoms with E-state index in [1.165, 1.54) is 21.1 Å². The first-order valence-electron chi connectivity index (χ1n) is 5.93. The van der Waals surface area contributed by atoms with Crippen LogP contribution in [0.5, 0.6) is 11.5 Å². The van der Waals surface area contributed by atoms with E-state index in [9.17, 15) is 9.59 Å². The number of hydrogen-bond donors (Lipinski definition) is 3. The summed E-state index contributed by atoms with van der Waals surface area (Å²) in [5.74, 6) is -0.390. The largest absolute Gasteiger partial charge is 0.493 e. The number of carboxylic acid groups (broad SMARTS) is 1. The van der Waals surface area contributed by atoms with Crippen LogP contribution in [-0.4, -0.2) is 43.8 Å². The normalized spacial score (nSPS) is 11.3. The Kier molecular flexibility index (Phi) is 5.64. The quantitative estimate of drug-likeness (QED) is 0.681. The number of aliphatic carboxylic acids is 1. The third-order valence-electron chi connectivity index (χ3n) is 2.57. The van der Waals surface area contributed by atoms with Crippen LogP contribution in [0.3, 0.4) is 0 Å². The Morgan fingerprint density at radius 1 is 1.25 bits per heavy atom. The highest BCUT2D eigenvalue weighted by Gasteiger charge is 2.18. The number of ether oxygens (including phenoxy) is 2. The third-order valence-corrected chi connectivity index (χ3v) is 2.57. The van der Waals surface area contributed by atoms with Gasteiger partial charge < -0.3 is 25.2 Å². The fourth-order valence-electron chi connectivity index (χ4n) is 1.61. The molecule has 0 bridgehead atoms. The molecule has 0 aliphatic rings. The number of nitrogens with one attached hydrogen (secondary N) is 2. The molecule has 0 aliphatic heterocycles. The second-order valence-electron chi connectivity index (χ2n) is 4.04. The molecule has 1 unspecified atom stereocenters. The molecule has 0 fully saturated rings. The summed E-state index contributed by atoms with van der Waals surface area (Å²) < 4.78 is 10.2. The zero-order chi connectivity index (χ0) is 15.1. The number of amides is 1. The molecule has 1 rings (SSSR count). The fourth-order valence-corrected chi connectivity index (χ4v) is 1.61. The van der Waals surface area contributed by atoms with Crippen molar-refractivity contribution in [2.75, 3.05) is 26.1 Å². The van der Waals surface area contributed by atoms with Gasteiger partial charge in [-0.05, 0) is 12.1 Å². The van der Waals surface area contributed by atoms with Crippen LogP contribution >= 0.6 is 0 Å². The third kappa shape index (κ3) is 4.34. The van der Waals surface area contributed by atoms with Crippen molar-refractivity contribution in [1.29, 1.82) is 0 Å². The van der Waals surface area contributed by atoms with Gasteiger partial charge in [-0.15, -0.1) is 0 Å². The first kappa shape index (κ1) is 15.6. The lowest BCUT2D eigenvalue weighted by molar-refractivity contribution is -0.141. The van der Waals surface area contributed by atoms with Crippen LogP contribution in [0.25, 0.3) is 0 Å². The van der Waals surface area contributed by atoms with Crippen molar-refractivity contribution in [3.63, 3.8) is 0 Å². The number of carbonyl (C=O) groups excluding carboxylic acids is 1. The maximum absolute atomic E-state index is 11.0. The SMILES string of the molecule is COc1ccc(NCC(NC(C)=O)C(=O)O)cc1OC. The summed E-state index contributed by atoms with van der Waals surface area (Å²) in [4.78, 5) is 21.9. The zero-order valence-corrected chi connectivity index (χ0v) is 11.6. The molecule has 3 N–H and O–H groups in total. The van der Waals surface area contributed by atoms with Gasteiger partial charge in [-0.1, -0.05) is 0 Å². The smallest absolute Gasteiger partial charge is 0.328 e. The highest BCUT2D eigenvalue weighted by atomic mass is 16.5. The van der Waals surface area contributed by atoms with Gasteiger partial charge in [-0.25, -0.2) is 4.79 Å². The van der Waals surface area contributed by atoms with Crippen LogP contribution in [0.1, 0.15) is 6.92 Å². The van der Waals surface area contributed by atoms with E-state index in [0.29, 0.717) is 17.2 Å². The van der Waals surface area contributed by atoms with Crippen molar-refractivity contribution in [1.82, 2.24) is 5.32 Å². The van der Waals surface area contributed by atoms with Gasteiger partial charge in [0.2, 0.25) is 5.91 Å². The molecule has 0 heterocycles. The Bertz CT molecular complexity index is 490. The van der Waals surface area contributed by atoms with Crippen LogP contribution in [0.15, 0.2) is 18.2 Å². The van der Waals surface area contributed by atoms with Gasteiger partial charge in [0, 0.05) is 25.2 Å². The molecule has 7 nitrogen and oxygen atoms in total. The number of carbonyl (C=O) groups is 2. The number of benzene rings is 1. The summed E-state index contributed by atoms with van der Waals surface area (Å²) in [7, 11) is 3.04. The van der Waals surface area contributed by atoms with E-state index in [-0.39, 0.29) is 6.54 Å². The van der Waals surface area contributed by atoms with Crippen LogP contribution in [-0.2, 0) is 9.59 Å². The van der Waals surface area contributed by atoms with Crippen LogP contribution in [0.4, 0.5) is 5.69 Å². The second kappa shape index (κ2) is 7.22. The highest BCUT2D eigenvalue weighted by molar-refractivity contribution is 5.82. The maximum atomic E-state index is 11.0. The maximum Gasteiger partial charge on any atom is 0.328 e. The van der Waals surface area contributed by atoms with Gasteiger partial charge in [0.15, 0.2) is 11.5 Å². The van der Waals surface area contributed by atoms with E-state index >= 15 is 0 Å². The van der Waals surface area contributed by atoms with Gasteiger partial charge in [-0.2, -0.15) is 0 Å². The standard InChI is InChI=1S/C13H18N2O5/c1-8(16)15-10(13(17)18)7-14-9-4-5-11(19-2)12(6-9)20-3/h4-6,10,14H,7H2,1-3H3,(H,15,16)(H,17,18). The van der Waals surface area contributed by atoms with Crippen LogP contribution < -0.4 is 20.1 Å². The number of anilines is 1. The number of rotatable bonds is 7. The molecule has 0 aliphatic carbocycles. The van der Waals surface area contributed by atoms with Gasteiger partial charge in [0.25, 0.3) is 0 Å². The summed E-state index contributed by atoms with van der Waals surface area (Å²) in [5.41, 5.74) is 0.666. The molecule has 110 valence electrons. The Morgan fingerprint density at radius 3 is 2.40 bits per heavy atom. The molecule has 1 aromatic carbocycles. The van der Waals surface area contributed by atoms with Crippen molar-refractivity contribution < 1.29 is 24.2 Å². The van der Waals surface area contributed by atoms with Crippen molar-refractivity contribution >= 4 is 17.6 Å². The minimum Gasteiger partial charge on any atom is -0.493 e. The van der Waals surface area contributed by atoms with Gasteiger partial charge in [0.1, 0.15) is 6.04 Å². The van der Waals surface area contributed by atoms with E-state index in [4.69, 9.17) is 14.6 Å². The summed E-state index contributed by atoms with van der Waals surface area (Å²) in [5, 5.41) is 14.3. The molecule has 7 heteroatoms. The fraction of sp³-hybridized carbons (Fsp3) is 0.385. The molecule has 0 saturated heterocycles. The van der Waals surface area contributed by atoms with Crippen molar-refractivity contribution in [2.45, 2.75) is 13.0 Å². The molecule has 1 atom stereocenters. The zero-order valence-electron chi connectivity index (χ0n) is 11.6. The molecule has 1 aromatic rings. The Balaban J connectivity index is 2.72. The van der Waals surface area contributed by atoms with Crippen LogP contribution in [0.2, 0.25) is 0 Å². The van der Waals surface area contributed by atoms with Crippen molar-refractivity contribution in [2.24, 2.45) is 0 Å². The predicted octanol–water partition coefficient (Wildman–Crippen LogP) is 0.705. The first-order valence-corrected chi connectivity index (χ1v) is 5.93. The average molecular weight is 282 g/mol.